The molecular formula is C30H20Br2F6N8OS2. The lowest BCUT2D eigenvalue weighted by Gasteiger charge is -2.10. The molecular weight excluding hydrogens is 826 g/mol. The van der Waals surface area contributed by atoms with Gasteiger partial charge in [0.1, 0.15) is 32.5 Å². The maximum atomic E-state index is 13.0. The van der Waals surface area contributed by atoms with E-state index < -0.39 is 34.3 Å². The van der Waals surface area contributed by atoms with E-state index in [4.69, 9.17) is 0 Å². The molecule has 0 amide bonds. The minimum absolute atomic E-state index is 0.123. The van der Waals surface area contributed by atoms with E-state index in [2.05, 4.69) is 61.8 Å². The fraction of sp³-hybridized carbons (Fsp3) is 0.133. The first-order valence-electron chi connectivity index (χ1n) is 13.5. The predicted octanol–water partition coefficient (Wildman–Crippen LogP) is 8.68. The lowest BCUT2D eigenvalue weighted by molar-refractivity contribution is -0.138. The summed E-state index contributed by atoms with van der Waals surface area (Å²) in [5.74, 6) is 1.51. The van der Waals surface area contributed by atoms with Crippen molar-refractivity contribution in [2.75, 3.05) is 12.5 Å². The van der Waals surface area contributed by atoms with Crippen LogP contribution in [0.1, 0.15) is 11.1 Å². The molecule has 1 unspecified atom stereocenters. The van der Waals surface area contributed by atoms with Gasteiger partial charge in [0.25, 0.3) is 0 Å². The van der Waals surface area contributed by atoms with Crippen LogP contribution >= 0.6 is 43.6 Å². The van der Waals surface area contributed by atoms with Gasteiger partial charge >= 0.3 is 12.4 Å². The first kappa shape index (κ1) is 36.3. The number of thioether (sulfide) groups is 1. The van der Waals surface area contributed by atoms with E-state index in [1.165, 1.54) is 47.0 Å². The van der Waals surface area contributed by atoms with Gasteiger partial charge in [-0.2, -0.15) is 26.3 Å². The maximum Gasteiger partial charge on any atom is 0.416 e. The zero-order valence-corrected chi connectivity index (χ0v) is 29.7. The maximum absolute atomic E-state index is 13.0. The van der Waals surface area contributed by atoms with Crippen LogP contribution in [0.15, 0.2) is 105 Å². The SMILES string of the molecule is CS(=O)c1nccc(-n2cc(Br)nc2-c2cccc(C(F)(F)F)c2)n1.CSc1nccc(-n2cc(Br)nc2-c2cccc(C(F)(F)F)c2)n1. The van der Waals surface area contributed by atoms with Gasteiger partial charge in [-0.1, -0.05) is 36.0 Å². The molecule has 0 N–H and O–H groups in total. The topological polar surface area (TPSA) is 104 Å². The molecule has 0 aliphatic heterocycles. The largest absolute Gasteiger partial charge is 0.416 e. The summed E-state index contributed by atoms with van der Waals surface area (Å²) in [6.07, 6.45) is 0.675. The fourth-order valence-electron chi connectivity index (χ4n) is 4.30. The van der Waals surface area contributed by atoms with Gasteiger partial charge in [0.05, 0.1) is 21.9 Å². The summed E-state index contributed by atoms with van der Waals surface area (Å²) in [5.41, 5.74) is -0.870. The Morgan fingerprint density at radius 3 is 1.61 bits per heavy atom. The molecule has 49 heavy (non-hydrogen) atoms. The lowest BCUT2D eigenvalue weighted by Crippen LogP contribution is -2.06. The summed E-state index contributed by atoms with van der Waals surface area (Å²) in [7, 11) is -1.39. The van der Waals surface area contributed by atoms with Crippen LogP contribution in [0, 0.1) is 0 Å². The third kappa shape index (κ3) is 8.81. The molecule has 0 bridgehead atoms. The van der Waals surface area contributed by atoms with E-state index in [-0.39, 0.29) is 16.5 Å². The molecule has 1 atom stereocenters. The van der Waals surface area contributed by atoms with Crippen molar-refractivity contribution in [3.8, 4) is 34.4 Å². The van der Waals surface area contributed by atoms with Gasteiger partial charge in [-0.25, -0.2) is 29.9 Å². The number of nitrogens with zero attached hydrogens (tertiary/aromatic N) is 8. The van der Waals surface area contributed by atoms with Crippen LogP contribution in [0.3, 0.4) is 0 Å². The Kier molecular flexibility index (Phi) is 11.0. The van der Waals surface area contributed by atoms with Gasteiger partial charge in [-0.3, -0.25) is 13.3 Å². The van der Waals surface area contributed by atoms with Crippen molar-refractivity contribution in [1.82, 2.24) is 39.0 Å². The molecule has 19 heteroatoms. The van der Waals surface area contributed by atoms with Crippen LogP contribution in [-0.4, -0.2) is 55.8 Å². The minimum Gasteiger partial charge on any atom is -0.283 e. The van der Waals surface area contributed by atoms with E-state index in [0.717, 1.165) is 24.3 Å². The van der Waals surface area contributed by atoms with Gasteiger partial charge in [0.15, 0.2) is 5.16 Å². The molecule has 4 heterocycles. The van der Waals surface area contributed by atoms with Crippen molar-refractivity contribution in [3.63, 3.8) is 0 Å². The summed E-state index contributed by atoms with van der Waals surface area (Å²) in [5, 5.41) is 0.685. The monoisotopic (exact) mass is 844 g/mol. The summed E-state index contributed by atoms with van der Waals surface area (Å²) in [6.45, 7) is 0. The molecule has 0 aliphatic carbocycles. The predicted molar refractivity (Wildman–Crippen MR) is 179 cm³/mol. The second-order valence-corrected chi connectivity index (χ2v) is 13.4. The van der Waals surface area contributed by atoms with Crippen molar-refractivity contribution < 1.29 is 30.6 Å². The molecule has 0 saturated carbocycles. The van der Waals surface area contributed by atoms with Crippen LogP contribution in [0.4, 0.5) is 26.3 Å². The summed E-state index contributed by atoms with van der Waals surface area (Å²) in [6, 6.07) is 13.1. The normalized spacial score (nSPS) is 12.4. The Hall–Kier alpha value is -3.94. The Bertz CT molecular complexity index is 2140. The van der Waals surface area contributed by atoms with E-state index in [1.807, 2.05) is 6.26 Å². The molecule has 254 valence electrons. The van der Waals surface area contributed by atoms with Gasteiger partial charge in [-0.15, -0.1) is 0 Å². The zero-order chi connectivity index (χ0) is 35.5. The van der Waals surface area contributed by atoms with Crippen LogP contribution in [-0.2, 0) is 23.2 Å². The second-order valence-electron chi connectivity index (χ2n) is 9.72. The standard InChI is InChI=1S/C15H10BrF3N4OS.C15H10BrF3N4S/c1-25(24)14-20-6-5-12(22-14)23-8-11(16)21-13(23)9-3-2-4-10(7-9)15(17,18)19;1-24-14-20-6-5-12(22-14)23-8-11(16)21-13(23)9-3-2-4-10(7-9)15(17,18)19/h2-8H,1H3;2-8H,1H3. The highest BCUT2D eigenvalue weighted by Gasteiger charge is 2.32. The van der Waals surface area contributed by atoms with Gasteiger partial charge in [0, 0.05) is 42.2 Å². The number of alkyl halides is 6. The summed E-state index contributed by atoms with van der Waals surface area (Å²) >= 11 is 7.87. The van der Waals surface area contributed by atoms with Crippen molar-refractivity contribution in [2.45, 2.75) is 22.7 Å². The highest BCUT2D eigenvalue weighted by atomic mass is 79.9. The van der Waals surface area contributed by atoms with Crippen LogP contribution in [0.5, 0.6) is 0 Å². The third-order valence-corrected chi connectivity index (χ3v) is 8.46. The minimum atomic E-state index is -4.45. The first-order valence-corrected chi connectivity index (χ1v) is 17.9. The average Bonchev–Trinajstić information content (AvgIpc) is 3.67. The van der Waals surface area contributed by atoms with Gasteiger partial charge < -0.3 is 0 Å². The van der Waals surface area contributed by atoms with Crippen molar-refractivity contribution in [1.29, 1.82) is 0 Å². The number of imidazole rings is 2. The van der Waals surface area contributed by atoms with E-state index in [1.54, 1.807) is 41.4 Å². The molecule has 0 fully saturated rings. The summed E-state index contributed by atoms with van der Waals surface area (Å²) < 4.78 is 93.4. The molecule has 6 rings (SSSR count). The van der Waals surface area contributed by atoms with Crippen molar-refractivity contribution >= 4 is 54.4 Å². The highest BCUT2D eigenvalue weighted by molar-refractivity contribution is 9.10. The van der Waals surface area contributed by atoms with Gasteiger partial charge in [-0.05, 0) is 74.5 Å². The Balaban J connectivity index is 0.000000191. The van der Waals surface area contributed by atoms with Crippen LogP contribution < -0.4 is 0 Å². The van der Waals surface area contributed by atoms with E-state index in [0.29, 0.717) is 37.4 Å². The van der Waals surface area contributed by atoms with Crippen LogP contribution in [0.25, 0.3) is 34.4 Å². The zero-order valence-electron chi connectivity index (χ0n) is 24.9. The van der Waals surface area contributed by atoms with Crippen molar-refractivity contribution in [2.24, 2.45) is 0 Å². The fourth-order valence-corrected chi connectivity index (χ4v) is 5.83. The van der Waals surface area contributed by atoms with Gasteiger partial charge in [0.2, 0.25) is 5.16 Å². The quantitative estimate of drug-likeness (QED) is 0.0933. The van der Waals surface area contributed by atoms with Crippen LogP contribution in [0.2, 0.25) is 0 Å². The molecule has 0 spiro atoms. The number of hydrogen-bond donors (Lipinski definition) is 0. The first-order chi connectivity index (χ1) is 23.1. The Labute approximate surface area is 298 Å². The summed E-state index contributed by atoms with van der Waals surface area (Å²) in [4.78, 5) is 25.1. The van der Waals surface area contributed by atoms with E-state index >= 15 is 0 Å². The average molecular weight is 846 g/mol. The lowest BCUT2D eigenvalue weighted by atomic mass is 10.1. The molecule has 0 radical (unpaired) electrons. The highest BCUT2D eigenvalue weighted by Crippen LogP contribution is 2.34. The smallest absolute Gasteiger partial charge is 0.283 e. The Morgan fingerprint density at radius 1 is 0.694 bits per heavy atom. The number of halogens is 8. The van der Waals surface area contributed by atoms with E-state index in [9.17, 15) is 30.6 Å². The third-order valence-electron chi connectivity index (χ3n) is 6.42. The molecule has 0 saturated heterocycles. The Morgan fingerprint density at radius 2 is 1.16 bits per heavy atom. The second kappa shape index (κ2) is 14.9. The number of hydrogen-bond acceptors (Lipinski definition) is 8. The number of benzene rings is 2. The molecule has 2 aromatic carbocycles. The molecule has 0 aliphatic rings. The number of aromatic nitrogens is 8. The van der Waals surface area contributed by atoms with Crippen molar-refractivity contribution in [3.05, 3.63) is 106 Å². The molecule has 9 nitrogen and oxygen atoms in total. The number of rotatable bonds is 6. The molecule has 6 aromatic rings. The molecule has 4 aromatic heterocycles.